The molecule has 0 radical (unpaired) electrons. The third-order valence-corrected chi connectivity index (χ3v) is 2.94. The number of phenols is 1. The van der Waals surface area contributed by atoms with Gasteiger partial charge in [-0.15, -0.1) is 0 Å². The number of carbonyl (C=O) groups excluding carboxylic acids is 2. The molecule has 0 unspecified atom stereocenters. The van der Waals surface area contributed by atoms with Gasteiger partial charge in [-0.2, -0.15) is 0 Å². The van der Waals surface area contributed by atoms with Gasteiger partial charge in [-0.05, 0) is 31.0 Å². The summed E-state index contributed by atoms with van der Waals surface area (Å²) in [6.45, 7) is -0.0234. The van der Waals surface area contributed by atoms with Crippen LogP contribution in [0.2, 0.25) is 0 Å². The fourth-order valence-electron chi connectivity index (χ4n) is 1.72. The zero-order valence-electron chi connectivity index (χ0n) is 10.7. The van der Waals surface area contributed by atoms with Crippen molar-refractivity contribution in [2.75, 3.05) is 19.3 Å². The number of aromatic hydroxyl groups is 1. The highest BCUT2D eigenvalue weighted by molar-refractivity contribution is 6.00. The molecule has 102 valence electrons. The number of nitrogens with one attached hydrogen (secondary N) is 1. The second kappa shape index (κ2) is 5.17. The van der Waals surface area contributed by atoms with E-state index in [0.717, 1.165) is 12.8 Å². The Hall–Kier alpha value is -2.24. The molecular weight excluding hydrogens is 246 g/mol. The number of amides is 2. The van der Waals surface area contributed by atoms with Gasteiger partial charge in [0, 0.05) is 18.8 Å². The standard InChI is InChI=1S/C13H17N3O3/c1-16(7-12(18)15-8-2-3-8)13(19)10-6-9(17)4-5-11(10)14/h4-6,8,17H,2-3,7,14H2,1H3,(H,15,18). The fourth-order valence-corrected chi connectivity index (χ4v) is 1.72. The van der Waals surface area contributed by atoms with E-state index in [2.05, 4.69) is 5.32 Å². The van der Waals surface area contributed by atoms with E-state index < -0.39 is 0 Å². The number of anilines is 1. The third kappa shape index (κ3) is 3.37. The molecular formula is C13H17N3O3. The molecule has 2 amide bonds. The van der Waals surface area contributed by atoms with Crippen molar-refractivity contribution in [1.82, 2.24) is 10.2 Å². The topological polar surface area (TPSA) is 95.7 Å². The van der Waals surface area contributed by atoms with Crippen molar-refractivity contribution in [3.63, 3.8) is 0 Å². The van der Waals surface area contributed by atoms with Gasteiger partial charge in [0.05, 0.1) is 12.1 Å². The molecule has 0 bridgehead atoms. The Labute approximate surface area is 111 Å². The monoisotopic (exact) mass is 263 g/mol. The molecule has 1 saturated carbocycles. The van der Waals surface area contributed by atoms with Crippen LogP contribution in [0.1, 0.15) is 23.2 Å². The average molecular weight is 263 g/mol. The number of carbonyl (C=O) groups is 2. The maximum absolute atomic E-state index is 12.1. The van der Waals surface area contributed by atoms with Crippen molar-refractivity contribution in [1.29, 1.82) is 0 Å². The van der Waals surface area contributed by atoms with Crippen LogP contribution in [-0.2, 0) is 4.79 Å². The van der Waals surface area contributed by atoms with E-state index in [0.29, 0.717) is 0 Å². The molecule has 1 aromatic carbocycles. The van der Waals surface area contributed by atoms with Crippen LogP contribution < -0.4 is 11.1 Å². The minimum Gasteiger partial charge on any atom is -0.508 e. The van der Waals surface area contributed by atoms with Crippen molar-refractivity contribution in [3.05, 3.63) is 23.8 Å². The summed E-state index contributed by atoms with van der Waals surface area (Å²) in [7, 11) is 1.53. The van der Waals surface area contributed by atoms with Crippen molar-refractivity contribution < 1.29 is 14.7 Å². The van der Waals surface area contributed by atoms with Gasteiger partial charge in [0.25, 0.3) is 5.91 Å². The van der Waals surface area contributed by atoms with E-state index in [-0.39, 0.29) is 41.4 Å². The van der Waals surface area contributed by atoms with Crippen LogP contribution in [0.5, 0.6) is 5.75 Å². The average Bonchev–Trinajstić information content (AvgIpc) is 3.15. The number of rotatable bonds is 4. The number of phenolic OH excluding ortho intramolecular Hbond substituents is 1. The molecule has 0 saturated heterocycles. The van der Waals surface area contributed by atoms with Gasteiger partial charge in [-0.1, -0.05) is 0 Å². The molecule has 0 heterocycles. The Morgan fingerprint density at radius 1 is 1.47 bits per heavy atom. The number of benzene rings is 1. The quantitative estimate of drug-likeness (QED) is 0.538. The normalized spacial score (nSPS) is 13.9. The summed E-state index contributed by atoms with van der Waals surface area (Å²) in [5, 5.41) is 12.2. The number of hydrogen-bond acceptors (Lipinski definition) is 4. The van der Waals surface area contributed by atoms with E-state index in [1.54, 1.807) is 0 Å². The molecule has 6 nitrogen and oxygen atoms in total. The Balaban J connectivity index is 2.01. The first-order valence-corrected chi connectivity index (χ1v) is 6.10. The first-order valence-electron chi connectivity index (χ1n) is 6.10. The first-order chi connectivity index (χ1) is 8.97. The maximum Gasteiger partial charge on any atom is 0.256 e. The maximum atomic E-state index is 12.1. The number of likely N-dealkylation sites (N-methyl/N-ethyl adjacent to an activating group) is 1. The Bertz CT molecular complexity index is 512. The zero-order chi connectivity index (χ0) is 14.0. The highest BCUT2D eigenvalue weighted by atomic mass is 16.3. The van der Waals surface area contributed by atoms with E-state index >= 15 is 0 Å². The number of nitrogens with zero attached hydrogens (tertiary/aromatic N) is 1. The molecule has 0 aromatic heterocycles. The summed E-state index contributed by atoms with van der Waals surface area (Å²) >= 11 is 0. The van der Waals surface area contributed by atoms with Gasteiger partial charge in [0.15, 0.2) is 0 Å². The van der Waals surface area contributed by atoms with Crippen LogP contribution in [0.4, 0.5) is 5.69 Å². The summed E-state index contributed by atoms with van der Waals surface area (Å²) in [6.07, 6.45) is 2.01. The molecule has 1 aromatic rings. The molecule has 1 aliphatic carbocycles. The van der Waals surface area contributed by atoms with Gasteiger partial charge in [0.1, 0.15) is 5.75 Å². The summed E-state index contributed by atoms with van der Waals surface area (Å²) in [4.78, 5) is 25.0. The Morgan fingerprint density at radius 3 is 2.79 bits per heavy atom. The van der Waals surface area contributed by atoms with Gasteiger partial charge in [-0.25, -0.2) is 0 Å². The van der Waals surface area contributed by atoms with E-state index in [9.17, 15) is 14.7 Å². The largest absolute Gasteiger partial charge is 0.508 e. The molecule has 6 heteroatoms. The summed E-state index contributed by atoms with van der Waals surface area (Å²) in [5.74, 6) is -0.607. The van der Waals surface area contributed by atoms with Gasteiger partial charge < -0.3 is 21.1 Å². The minimum atomic E-state index is -0.389. The fraction of sp³-hybridized carbons (Fsp3) is 0.385. The first kappa shape index (κ1) is 13.2. The lowest BCUT2D eigenvalue weighted by Gasteiger charge is -2.17. The van der Waals surface area contributed by atoms with Gasteiger partial charge >= 0.3 is 0 Å². The minimum absolute atomic E-state index is 0.0234. The molecule has 4 N–H and O–H groups in total. The summed E-state index contributed by atoms with van der Waals surface area (Å²) in [5.41, 5.74) is 6.16. The predicted octanol–water partition coefficient (Wildman–Crippen LogP) is 0.325. The Morgan fingerprint density at radius 2 is 2.16 bits per heavy atom. The summed E-state index contributed by atoms with van der Waals surface area (Å²) < 4.78 is 0. The number of nitrogens with two attached hydrogens (primary N) is 1. The van der Waals surface area contributed by atoms with Crippen LogP contribution in [0.15, 0.2) is 18.2 Å². The van der Waals surface area contributed by atoms with Crippen molar-refractivity contribution in [2.24, 2.45) is 0 Å². The molecule has 0 spiro atoms. The van der Waals surface area contributed by atoms with Gasteiger partial charge in [0.2, 0.25) is 5.91 Å². The molecule has 1 fully saturated rings. The molecule has 19 heavy (non-hydrogen) atoms. The second-order valence-corrected chi connectivity index (χ2v) is 4.77. The zero-order valence-corrected chi connectivity index (χ0v) is 10.7. The summed E-state index contributed by atoms with van der Waals surface area (Å²) in [6, 6.07) is 4.43. The van der Waals surface area contributed by atoms with Crippen LogP contribution in [-0.4, -0.2) is 41.5 Å². The molecule has 0 atom stereocenters. The second-order valence-electron chi connectivity index (χ2n) is 4.77. The molecule has 2 rings (SSSR count). The smallest absolute Gasteiger partial charge is 0.256 e. The highest BCUT2D eigenvalue weighted by Crippen LogP contribution is 2.20. The molecule has 0 aliphatic heterocycles. The van der Waals surface area contributed by atoms with Gasteiger partial charge in [-0.3, -0.25) is 9.59 Å². The van der Waals surface area contributed by atoms with Crippen LogP contribution in [0.25, 0.3) is 0 Å². The van der Waals surface area contributed by atoms with Crippen LogP contribution >= 0.6 is 0 Å². The lowest BCUT2D eigenvalue weighted by Crippen LogP contribution is -2.39. The van der Waals surface area contributed by atoms with Crippen molar-refractivity contribution in [3.8, 4) is 5.75 Å². The van der Waals surface area contributed by atoms with E-state index in [1.807, 2.05) is 0 Å². The SMILES string of the molecule is CN(CC(=O)NC1CC1)C(=O)c1cc(O)ccc1N. The number of hydrogen-bond donors (Lipinski definition) is 3. The van der Waals surface area contributed by atoms with E-state index in [1.165, 1.54) is 30.1 Å². The van der Waals surface area contributed by atoms with E-state index in [4.69, 9.17) is 5.73 Å². The lowest BCUT2D eigenvalue weighted by molar-refractivity contribution is -0.121. The van der Waals surface area contributed by atoms with Crippen molar-refractivity contribution in [2.45, 2.75) is 18.9 Å². The molecule has 1 aliphatic rings. The highest BCUT2D eigenvalue weighted by Gasteiger charge is 2.25. The lowest BCUT2D eigenvalue weighted by atomic mass is 10.1. The van der Waals surface area contributed by atoms with Crippen molar-refractivity contribution >= 4 is 17.5 Å². The number of nitrogen functional groups attached to an aromatic ring is 1. The van der Waals surface area contributed by atoms with Crippen LogP contribution in [0.3, 0.4) is 0 Å². The third-order valence-electron chi connectivity index (χ3n) is 2.94. The van der Waals surface area contributed by atoms with Crippen LogP contribution in [0, 0.1) is 0 Å². The Kier molecular flexibility index (Phi) is 3.59. The predicted molar refractivity (Wildman–Crippen MR) is 70.6 cm³/mol.